The third-order valence-corrected chi connectivity index (χ3v) is 2.54. The van der Waals surface area contributed by atoms with Crippen molar-refractivity contribution in [3.8, 4) is 0 Å². The van der Waals surface area contributed by atoms with Gasteiger partial charge in [-0.05, 0) is 25.8 Å². The molecular formula is C15H24N2O2S2. The van der Waals surface area contributed by atoms with Crippen LogP contribution in [0.1, 0.15) is 19.4 Å². The van der Waals surface area contributed by atoms with Gasteiger partial charge in [-0.25, -0.2) is 0 Å². The van der Waals surface area contributed by atoms with E-state index in [2.05, 4.69) is 49.7 Å². The van der Waals surface area contributed by atoms with E-state index in [0.29, 0.717) is 0 Å². The van der Waals surface area contributed by atoms with E-state index >= 15 is 0 Å². The summed E-state index contributed by atoms with van der Waals surface area (Å²) < 4.78 is 0. The molecule has 0 aromatic heterocycles. The first-order valence-corrected chi connectivity index (χ1v) is 7.39. The predicted octanol–water partition coefficient (Wildman–Crippen LogP) is 3.79. The van der Waals surface area contributed by atoms with Crippen LogP contribution in [0, 0.1) is 0 Å². The van der Waals surface area contributed by atoms with E-state index in [1.54, 1.807) is 4.90 Å². The Labute approximate surface area is 138 Å². The maximum absolute atomic E-state index is 10.4. The summed E-state index contributed by atoms with van der Waals surface area (Å²) in [6.45, 7) is 9.01. The minimum absolute atomic E-state index is 0.144. The van der Waals surface area contributed by atoms with Gasteiger partial charge in [0.15, 0.2) is 0 Å². The fourth-order valence-electron chi connectivity index (χ4n) is 1.27. The van der Waals surface area contributed by atoms with E-state index in [1.165, 1.54) is 5.56 Å². The maximum Gasteiger partial charge on any atom is 0.278 e. The largest absolute Gasteiger partial charge is 0.361 e. The highest BCUT2D eigenvalue weighted by Crippen LogP contribution is 1.98. The van der Waals surface area contributed by atoms with Crippen molar-refractivity contribution in [2.45, 2.75) is 20.3 Å². The molecule has 1 aromatic rings. The normalized spacial score (nSPS) is 8.38. The SMILES string of the molecule is C=CCc1ccccc1.CCN(CC)C(=O)S.NC(=O)S. The Bertz CT molecular complexity index is 403. The highest BCUT2D eigenvalue weighted by molar-refractivity contribution is 7.96. The zero-order chi connectivity index (χ0) is 16.7. The van der Waals surface area contributed by atoms with Crippen LogP contribution in [0.15, 0.2) is 43.0 Å². The van der Waals surface area contributed by atoms with Crippen molar-refractivity contribution in [1.29, 1.82) is 0 Å². The van der Waals surface area contributed by atoms with E-state index in [9.17, 15) is 4.79 Å². The molecule has 2 amide bonds. The number of carbonyl (C=O) groups excluding carboxylic acids is 2. The zero-order valence-electron chi connectivity index (χ0n) is 12.5. The number of hydrogen-bond acceptors (Lipinski definition) is 2. The second-order valence-electron chi connectivity index (χ2n) is 3.77. The molecular weight excluding hydrogens is 304 g/mol. The standard InChI is InChI=1S/C9H10.C5H11NOS.CH3NOS/c1-2-6-9-7-4-3-5-8-9;1-3-6(4-2)5(7)8;2-1(3)4/h2-5,7-8H,1,6H2;3-4H2,1-2H3,(H,7,8);(H3,2,3,4). The molecule has 0 unspecified atom stereocenters. The molecule has 0 atom stereocenters. The number of nitrogens with zero attached hydrogens (tertiary/aromatic N) is 1. The van der Waals surface area contributed by atoms with Crippen molar-refractivity contribution < 1.29 is 9.59 Å². The second kappa shape index (κ2) is 15.0. The Morgan fingerprint density at radius 3 is 1.86 bits per heavy atom. The summed E-state index contributed by atoms with van der Waals surface area (Å²) in [7, 11) is 0. The van der Waals surface area contributed by atoms with Crippen LogP contribution >= 0.6 is 25.3 Å². The molecule has 0 saturated carbocycles. The quantitative estimate of drug-likeness (QED) is 0.581. The number of allylic oxidation sites excluding steroid dienone is 1. The van der Waals surface area contributed by atoms with Crippen molar-refractivity contribution in [1.82, 2.24) is 4.90 Å². The first kappa shape index (κ1) is 21.9. The van der Waals surface area contributed by atoms with Gasteiger partial charge in [0.25, 0.3) is 10.5 Å². The summed E-state index contributed by atoms with van der Waals surface area (Å²) in [6, 6.07) is 10.3. The predicted molar refractivity (Wildman–Crippen MR) is 96.2 cm³/mol. The van der Waals surface area contributed by atoms with Gasteiger partial charge in [-0.3, -0.25) is 9.59 Å². The second-order valence-corrected chi connectivity index (χ2v) is 4.59. The summed E-state index contributed by atoms with van der Waals surface area (Å²) in [5.74, 6) is 0. The van der Waals surface area contributed by atoms with Gasteiger partial charge in [-0.1, -0.05) is 61.7 Å². The van der Waals surface area contributed by atoms with Crippen LogP contribution in [0.2, 0.25) is 0 Å². The summed E-state index contributed by atoms with van der Waals surface area (Å²) in [5, 5.41) is -0.782. The lowest BCUT2D eigenvalue weighted by Gasteiger charge is -2.13. The smallest absolute Gasteiger partial charge is 0.278 e. The fraction of sp³-hybridized carbons (Fsp3) is 0.333. The van der Waals surface area contributed by atoms with Gasteiger partial charge >= 0.3 is 0 Å². The molecule has 0 aliphatic carbocycles. The molecule has 0 bridgehead atoms. The molecule has 6 heteroatoms. The Hall–Kier alpha value is -1.40. The molecule has 0 saturated heterocycles. The van der Waals surface area contributed by atoms with Crippen LogP contribution in [-0.4, -0.2) is 28.5 Å². The maximum atomic E-state index is 10.4. The molecule has 0 aliphatic heterocycles. The van der Waals surface area contributed by atoms with E-state index in [-0.39, 0.29) is 5.24 Å². The lowest BCUT2D eigenvalue weighted by Crippen LogP contribution is -2.24. The molecule has 0 spiro atoms. The average molecular weight is 329 g/mol. The van der Waals surface area contributed by atoms with Crippen LogP contribution in [0.4, 0.5) is 9.59 Å². The van der Waals surface area contributed by atoms with Crippen molar-refractivity contribution >= 4 is 35.7 Å². The first-order valence-electron chi connectivity index (χ1n) is 6.50. The molecule has 118 valence electrons. The van der Waals surface area contributed by atoms with Gasteiger partial charge in [0.2, 0.25) is 0 Å². The van der Waals surface area contributed by atoms with Crippen LogP contribution < -0.4 is 5.73 Å². The minimum atomic E-state index is -0.639. The molecule has 0 heterocycles. The number of amides is 2. The number of hydrogen-bond donors (Lipinski definition) is 3. The molecule has 0 fully saturated rings. The van der Waals surface area contributed by atoms with Crippen LogP contribution in [0.5, 0.6) is 0 Å². The van der Waals surface area contributed by atoms with Gasteiger partial charge in [0, 0.05) is 13.1 Å². The zero-order valence-corrected chi connectivity index (χ0v) is 14.3. The molecule has 1 aromatic carbocycles. The highest BCUT2D eigenvalue weighted by Gasteiger charge is 2.00. The summed E-state index contributed by atoms with van der Waals surface area (Å²) in [4.78, 5) is 21.1. The Kier molecular flexibility index (Phi) is 15.6. The molecule has 4 nitrogen and oxygen atoms in total. The average Bonchev–Trinajstić information content (AvgIpc) is 2.41. The number of benzene rings is 1. The fourth-order valence-corrected chi connectivity index (χ4v) is 1.56. The molecule has 1 rings (SSSR count). The van der Waals surface area contributed by atoms with E-state index in [1.807, 2.05) is 38.1 Å². The van der Waals surface area contributed by atoms with Crippen molar-refractivity contribution in [2.75, 3.05) is 13.1 Å². The number of rotatable bonds is 4. The molecule has 0 aliphatic rings. The van der Waals surface area contributed by atoms with Gasteiger partial charge in [-0.2, -0.15) is 0 Å². The highest BCUT2D eigenvalue weighted by atomic mass is 32.1. The molecule has 0 radical (unpaired) electrons. The number of thiol groups is 2. The Morgan fingerprint density at radius 1 is 1.19 bits per heavy atom. The van der Waals surface area contributed by atoms with Gasteiger partial charge in [-0.15, -0.1) is 6.58 Å². The number of carbonyl (C=O) groups is 2. The van der Waals surface area contributed by atoms with E-state index in [0.717, 1.165) is 19.5 Å². The third-order valence-electron chi connectivity index (χ3n) is 2.26. The van der Waals surface area contributed by atoms with Crippen LogP contribution in [0.25, 0.3) is 0 Å². The summed E-state index contributed by atoms with van der Waals surface area (Å²) >= 11 is 6.75. The van der Waals surface area contributed by atoms with Crippen molar-refractivity contribution in [3.05, 3.63) is 48.6 Å². The summed E-state index contributed by atoms with van der Waals surface area (Å²) in [6.07, 6.45) is 2.89. The summed E-state index contributed by atoms with van der Waals surface area (Å²) in [5.41, 5.74) is 5.66. The van der Waals surface area contributed by atoms with Crippen molar-refractivity contribution in [2.24, 2.45) is 5.73 Å². The Balaban J connectivity index is 0. The minimum Gasteiger partial charge on any atom is -0.361 e. The van der Waals surface area contributed by atoms with Crippen molar-refractivity contribution in [3.63, 3.8) is 0 Å². The third kappa shape index (κ3) is 16.5. The van der Waals surface area contributed by atoms with Crippen LogP contribution in [-0.2, 0) is 6.42 Å². The van der Waals surface area contributed by atoms with E-state index < -0.39 is 5.24 Å². The lowest BCUT2D eigenvalue weighted by molar-refractivity contribution is 0.229. The van der Waals surface area contributed by atoms with E-state index in [4.69, 9.17) is 4.79 Å². The lowest BCUT2D eigenvalue weighted by atomic mass is 10.2. The first-order chi connectivity index (χ1) is 9.88. The number of primary amides is 1. The van der Waals surface area contributed by atoms with Crippen LogP contribution in [0.3, 0.4) is 0 Å². The Morgan fingerprint density at radius 2 is 1.62 bits per heavy atom. The molecule has 21 heavy (non-hydrogen) atoms. The van der Waals surface area contributed by atoms with Gasteiger partial charge in [0.05, 0.1) is 0 Å². The monoisotopic (exact) mass is 328 g/mol. The van der Waals surface area contributed by atoms with Gasteiger partial charge in [0.1, 0.15) is 0 Å². The van der Waals surface area contributed by atoms with Gasteiger partial charge < -0.3 is 10.6 Å². The topological polar surface area (TPSA) is 63.4 Å². The molecule has 2 N–H and O–H groups in total. The number of nitrogens with two attached hydrogens (primary N) is 1.